The van der Waals surface area contributed by atoms with Gasteiger partial charge in [0.05, 0.1) is 17.8 Å². The van der Waals surface area contributed by atoms with E-state index in [-0.39, 0.29) is 24.3 Å². The third-order valence-electron chi connectivity index (χ3n) is 5.11. The van der Waals surface area contributed by atoms with Gasteiger partial charge < -0.3 is 10.2 Å². The average molecular weight is 390 g/mol. The first-order valence-corrected chi connectivity index (χ1v) is 9.68. The van der Waals surface area contributed by atoms with Gasteiger partial charge in [-0.15, -0.1) is 0 Å². The lowest BCUT2D eigenvalue weighted by Crippen LogP contribution is -2.34. The molecule has 4 rings (SSSR count). The Labute approximate surface area is 169 Å². The van der Waals surface area contributed by atoms with Crippen LogP contribution in [0.5, 0.6) is 0 Å². The van der Waals surface area contributed by atoms with E-state index in [1.54, 1.807) is 42.6 Å². The zero-order chi connectivity index (χ0) is 20.4. The van der Waals surface area contributed by atoms with Crippen molar-refractivity contribution in [3.8, 4) is 0 Å². The fourth-order valence-corrected chi connectivity index (χ4v) is 3.78. The number of rotatable bonds is 5. The van der Waals surface area contributed by atoms with Crippen molar-refractivity contribution in [1.82, 2.24) is 14.8 Å². The Morgan fingerprint density at radius 3 is 2.38 bits per heavy atom. The lowest BCUT2D eigenvalue weighted by atomic mass is 10.0. The summed E-state index contributed by atoms with van der Waals surface area (Å²) in [5.74, 6) is -0.748. The van der Waals surface area contributed by atoms with Crippen LogP contribution in [0, 0.1) is 0 Å². The summed E-state index contributed by atoms with van der Waals surface area (Å²) in [5, 5.41) is 2.71. The molecule has 0 bridgehead atoms. The fraction of sp³-hybridized carbons (Fsp3) is 0.273. The molecule has 2 aliphatic rings. The van der Waals surface area contributed by atoms with Crippen LogP contribution in [0.15, 0.2) is 54.4 Å². The van der Waals surface area contributed by atoms with E-state index in [0.29, 0.717) is 28.2 Å². The van der Waals surface area contributed by atoms with E-state index in [1.807, 2.05) is 11.0 Å². The summed E-state index contributed by atoms with van der Waals surface area (Å²) in [4.78, 5) is 45.3. The molecule has 1 aromatic carbocycles. The Bertz CT molecular complexity index is 977. The first-order valence-electron chi connectivity index (χ1n) is 9.68. The van der Waals surface area contributed by atoms with Crippen molar-refractivity contribution < 1.29 is 14.4 Å². The van der Waals surface area contributed by atoms with Crippen molar-refractivity contribution >= 4 is 29.0 Å². The second kappa shape index (κ2) is 7.87. The van der Waals surface area contributed by atoms with Gasteiger partial charge in [-0.05, 0) is 42.7 Å². The van der Waals surface area contributed by atoms with Crippen LogP contribution in [-0.2, 0) is 20.9 Å². The van der Waals surface area contributed by atoms with E-state index >= 15 is 0 Å². The van der Waals surface area contributed by atoms with Gasteiger partial charge in [-0.25, -0.2) is 0 Å². The Morgan fingerprint density at radius 2 is 1.76 bits per heavy atom. The summed E-state index contributed by atoms with van der Waals surface area (Å²) < 4.78 is 0. The molecule has 0 aliphatic carbocycles. The summed E-state index contributed by atoms with van der Waals surface area (Å²) in [7, 11) is 0. The molecule has 1 aromatic heterocycles. The number of anilines is 1. The number of nitrogens with one attached hydrogen (secondary N) is 1. The molecule has 3 amide bonds. The maximum absolute atomic E-state index is 13.3. The minimum Gasteiger partial charge on any atom is -0.366 e. The molecule has 29 heavy (non-hydrogen) atoms. The van der Waals surface area contributed by atoms with E-state index in [2.05, 4.69) is 10.3 Å². The van der Waals surface area contributed by atoms with Crippen molar-refractivity contribution in [1.29, 1.82) is 0 Å². The van der Waals surface area contributed by atoms with Crippen LogP contribution in [0.4, 0.5) is 5.69 Å². The van der Waals surface area contributed by atoms with Crippen molar-refractivity contribution in [2.75, 3.05) is 18.4 Å². The largest absolute Gasteiger partial charge is 0.366 e. The molecule has 1 fully saturated rings. The topological polar surface area (TPSA) is 82.6 Å². The zero-order valence-corrected chi connectivity index (χ0v) is 16.2. The van der Waals surface area contributed by atoms with E-state index in [0.717, 1.165) is 25.9 Å². The van der Waals surface area contributed by atoms with Gasteiger partial charge in [0.15, 0.2) is 0 Å². The second-order valence-corrected chi connectivity index (χ2v) is 7.19. The fourth-order valence-electron chi connectivity index (χ4n) is 3.78. The van der Waals surface area contributed by atoms with E-state index < -0.39 is 0 Å². The van der Waals surface area contributed by atoms with Crippen LogP contribution in [0.25, 0.3) is 5.57 Å². The number of aromatic nitrogens is 1. The number of amides is 3. The summed E-state index contributed by atoms with van der Waals surface area (Å²) in [6.45, 7) is 3.11. The molecule has 3 heterocycles. The predicted molar refractivity (Wildman–Crippen MR) is 108 cm³/mol. The van der Waals surface area contributed by atoms with Crippen LogP contribution in [0.2, 0.25) is 0 Å². The number of imide groups is 1. The van der Waals surface area contributed by atoms with Gasteiger partial charge in [-0.1, -0.05) is 18.2 Å². The molecular weight excluding hydrogens is 368 g/mol. The molecule has 1 N–H and O–H groups in total. The number of hydrogen-bond acceptors (Lipinski definition) is 5. The third kappa shape index (κ3) is 3.76. The second-order valence-electron chi connectivity index (χ2n) is 7.19. The number of carbonyl (C=O) groups excluding carboxylic acids is 3. The van der Waals surface area contributed by atoms with Gasteiger partial charge in [0.25, 0.3) is 11.8 Å². The lowest BCUT2D eigenvalue weighted by molar-refractivity contribution is -0.138. The van der Waals surface area contributed by atoms with Crippen molar-refractivity contribution in [3.05, 3.63) is 65.6 Å². The van der Waals surface area contributed by atoms with Crippen molar-refractivity contribution in [2.45, 2.75) is 26.3 Å². The molecule has 7 heteroatoms. The first kappa shape index (κ1) is 18.9. The maximum atomic E-state index is 13.3. The molecule has 1 saturated heterocycles. The predicted octanol–water partition coefficient (Wildman–Crippen LogP) is 2.42. The molecule has 0 radical (unpaired) electrons. The number of hydrogen-bond donors (Lipinski definition) is 1. The third-order valence-corrected chi connectivity index (χ3v) is 5.11. The summed E-state index contributed by atoms with van der Waals surface area (Å²) in [6, 6.07) is 12.5. The normalized spacial score (nSPS) is 16.7. The molecule has 2 aromatic rings. The average Bonchev–Trinajstić information content (AvgIpc) is 3.32. The highest BCUT2D eigenvalue weighted by Gasteiger charge is 2.42. The highest BCUT2D eigenvalue weighted by molar-refractivity contribution is 6.35. The Kier molecular flexibility index (Phi) is 5.12. The van der Waals surface area contributed by atoms with E-state index in [4.69, 9.17) is 0 Å². The molecule has 0 unspecified atom stereocenters. The van der Waals surface area contributed by atoms with Crippen molar-refractivity contribution in [2.24, 2.45) is 0 Å². The first-order chi connectivity index (χ1) is 14.0. The highest BCUT2D eigenvalue weighted by Crippen LogP contribution is 2.34. The Hall–Kier alpha value is -3.48. The highest BCUT2D eigenvalue weighted by atomic mass is 16.2. The molecule has 148 valence electrons. The number of benzene rings is 1. The molecule has 7 nitrogen and oxygen atoms in total. The lowest BCUT2D eigenvalue weighted by Gasteiger charge is -2.20. The summed E-state index contributed by atoms with van der Waals surface area (Å²) in [6.07, 6.45) is 3.65. The molecular formula is C22H22N4O3. The number of nitrogens with zero attached hydrogens (tertiary/aromatic N) is 3. The van der Waals surface area contributed by atoms with Crippen LogP contribution in [0.1, 0.15) is 31.0 Å². The SMILES string of the molecule is CC(=O)Nc1ccc(C2=C(N3CCCC3)C(=O)N(Cc3ccccn3)C2=O)cc1. The number of pyridine rings is 1. The van der Waals surface area contributed by atoms with Crippen molar-refractivity contribution in [3.63, 3.8) is 0 Å². The van der Waals surface area contributed by atoms with Crippen LogP contribution >= 0.6 is 0 Å². The monoisotopic (exact) mass is 390 g/mol. The van der Waals surface area contributed by atoms with Gasteiger partial charge in [0.1, 0.15) is 5.70 Å². The number of likely N-dealkylation sites (tertiary alicyclic amines) is 1. The molecule has 0 saturated carbocycles. The summed E-state index contributed by atoms with van der Waals surface area (Å²) >= 11 is 0. The van der Waals surface area contributed by atoms with Gasteiger partial charge in [-0.3, -0.25) is 24.3 Å². The minimum atomic E-state index is -0.310. The van der Waals surface area contributed by atoms with Gasteiger partial charge in [-0.2, -0.15) is 0 Å². The van der Waals surface area contributed by atoms with Crippen LogP contribution in [-0.4, -0.2) is 45.6 Å². The molecule has 2 aliphatic heterocycles. The van der Waals surface area contributed by atoms with Gasteiger partial charge >= 0.3 is 0 Å². The number of carbonyl (C=O) groups is 3. The molecule has 0 atom stereocenters. The maximum Gasteiger partial charge on any atom is 0.278 e. The van der Waals surface area contributed by atoms with Gasteiger partial charge in [0.2, 0.25) is 5.91 Å². The van der Waals surface area contributed by atoms with E-state index in [9.17, 15) is 14.4 Å². The van der Waals surface area contributed by atoms with Gasteiger partial charge in [0, 0.05) is 31.9 Å². The minimum absolute atomic E-state index is 0.142. The standard InChI is InChI=1S/C22H22N4O3/c1-15(27)24-17-9-7-16(8-10-17)19-20(25-12-4-5-13-25)22(29)26(21(19)28)14-18-6-2-3-11-23-18/h2-3,6-11H,4-5,12-14H2,1H3,(H,24,27). The quantitative estimate of drug-likeness (QED) is 0.793. The van der Waals surface area contributed by atoms with Crippen LogP contribution < -0.4 is 5.32 Å². The summed E-state index contributed by atoms with van der Waals surface area (Å²) in [5.41, 5.74) is 2.87. The smallest absolute Gasteiger partial charge is 0.278 e. The Balaban J connectivity index is 1.70. The molecule has 0 spiro atoms. The van der Waals surface area contributed by atoms with Crippen LogP contribution in [0.3, 0.4) is 0 Å². The zero-order valence-electron chi connectivity index (χ0n) is 16.2. The van der Waals surface area contributed by atoms with E-state index in [1.165, 1.54) is 11.8 Å². The Morgan fingerprint density at radius 1 is 1.03 bits per heavy atom.